The number of hydrogen-bond acceptors (Lipinski definition) is 6. The topological polar surface area (TPSA) is 190 Å². The van der Waals surface area contributed by atoms with E-state index in [1.807, 2.05) is 0 Å². The van der Waals surface area contributed by atoms with Gasteiger partial charge in [0.05, 0.1) is 0 Å². The van der Waals surface area contributed by atoms with E-state index in [9.17, 15) is 0 Å². The second-order valence-corrected chi connectivity index (χ2v) is 2.69. The van der Waals surface area contributed by atoms with Crippen molar-refractivity contribution in [2.75, 3.05) is 0 Å². The molecule has 0 aromatic carbocycles. The Morgan fingerprint density at radius 1 is 0.615 bits per heavy atom. The van der Waals surface area contributed by atoms with Gasteiger partial charge in [-0.15, -0.1) is 0 Å². The molecule has 80 valence electrons. The van der Waals surface area contributed by atoms with Crippen LogP contribution in [0.4, 0.5) is 0 Å². The standard InChI is InChI=1S/Na.2H2O4S.H2O2.H/c;2*1-5(2,3)4;1-2;/h;2*(H2,1,2,3,4);1-2H;. The van der Waals surface area contributed by atoms with Crippen LogP contribution in [0.2, 0.25) is 0 Å². The first kappa shape index (κ1) is 23.5. The molecular formula is H7NaO10S2. The summed E-state index contributed by atoms with van der Waals surface area (Å²) in [5, 5.41) is 12.0. The van der Waals surface area contributed by atoms with Crippen LogP contribution in [0.15, 0.2) is 0 Å². The summed E-state index contributed by atoms with van der Waals surface area (Å²) in [6.07, 6.45) is 0. The third kappa shape index (κ3) is 3300. The van der Waals surface area contributed by atoms with E-state index in [0.29, 0.717) is 0 Å². The molecule has 0 rings (SSSR count). The van der Waals surface area contributed by atoms with Gasteiger partial charge in [0.2, 0.25) is 0 Å². The number of hydrogen-bond donors (Lipinski definition) is 6. The molecule has 0 radical (unpaired) electrons. The molecule has 0 aliphatic heterocycles. The van der Waals surface area contributed by atoms with Gasteiger partial charge in [-0.2, -0.15) is 16.8 Å². The van der Waals surface area contributed by atoms with Crippen LogP contribution in [0.25, 0.3) is 0 Å². The Morgan fingerprint density at radius 2 is 0.615 bits per heavy atom. The van der Waals surface area contributed by atoms with Crippen LogP contribution in [0.1, 0.15) is 0 Å². The molecule has 6 N–H and O–H groups in total. The Hall–Kier alpha value is 0.660. The molecule has 13 heteroatoms. The normalized spacial score (nSPS) is 9.38. The minimum absolute atomic E-state index is 0. The van der Waals surface area contributed by atoms with E-state index in [2.05, 4.69) is 0 Å². The first-order chi connectivity index (χ1) is 5.00. The minimum atomic E-state index is -4.67. The van der Waals surface area contributed by atoms with E-state index in [-0.39, 0.29) is 29.6 Å². The van der Waals surface area contributed by atoms with Gasteiger partial charge in [0.15, 0.2) is 0 Å². The fourth-order valence-corrected chi connectivity index (χ4v) is 0. The Balaban J connectivity index is -0.0000000491. The molecular weight excluding hydrogens is 247 g/mol. The van der Waals surface area contributed by atoms with E-state index in [0.717, 1.165) is 0 Å². The van der Waals surface area contributed by atoms with Crippen LogP contribution in [0.3, 0.4) is 0 Å². The zero-order valence-electron chi connectivity index (χ0n) is 5.13. The molecule has 0 amide bonds. The Kier molecular flexibility index (Phi) is 19.4. The van der Waals surface area contributed by atoms with Crippen molar-refractivity contribution in [3.8, 4) is 0 Å². The van der Waals surface area contributed by atoms with Crippen molar-refractivity contribution in [2.45, 2.75) is 0 Å². The van der Waals surface area contributed by atoms with E-state index >= 15 is 0 Å². The third-order valence-electron chi connectivity index (χ3n) is 0. The van der Waals surface area contributed by atoms with Crippen LogP contribution in [0.5, 0.6) is 0 Å². The zero-order chi connectivity index (χ0) is 11.0. The molecule has 0 aliphatic rings. The predicted molar refractivity (Wildman–Crippen MR) is 40.8 cm³/mol. The predicted octanol–water partition coefficient (Wildman–Crippen LogP) is -1.94. The van der Waals surface area contributed by atoms with Crippen molar-refractivity contribution in [1.29, 1.82) is 0 Å². The second-order valence-electron chi connectivity index (χ2n) is 0.896. The summed E-state index contributed by atoms with van der Waals surface area (Å²) >= 11 is 0. The molecule has 0 unspecified atom stereocenters. The average Bonchev–Trinajstić information content (AvgIpc) is 1.59. The summed E-state index contributed by atoms with van der Waals surface area (Å²) in [7, 11) is -9.33. The molecule has 13 heavy (non-hydrogen) atoms. The molecule has 10 nitrogen and oxygen atoms in total. The quantitative estimate of drug-likeness (QED) is 0.123. The second kappa shape index (κ2) is 10.7. The maximum atomic E-state index is 8.74. The molecule has 0 heterocycles. The first-order valence-corrected chi connectivity index (χ1v) is 4.39. The van der Waals surface area contributed by atoms with Crippen LogP contribution in [-0.2, 0) is 20.8 Å². The maximum absolute atomic E-state index is 8.74. The Labute approximate surface area is 95.6 Å². The molecule has 0 aliphatic carbocycles. The van der Waals surface area contributed by atoms with Crippen LogP contribution >= 0.6 is 0 Å². The van der Waals surface area contributed by atoms with Gasteiger partial charge in [-0.1, -0.05) is 0 Å². The molecule has 0 aromatic heterocycles. The molecule has 0 atom stereocenters. The van der Waals surface area contributed by atoms with Gasteiger partial charge in [0, 0.05) is 0 Å². The van der Waals surface area contributed by atoms with Gasteiger partial charge in [0.25, 0.3) is 0 Å². The van der Waals surface area contributed by atoms with Gasteiger partial charge >= 0.3 is 50.4 Å². The molecule has 0 aromatic rings. The van der Waals surface area contributed by atoms with E-state index in [4.69, 9.17) is 45.6 Å². The fraction of sp³-hybridized carbons (Fsp3) is 0. The fourth-order valence-electron chi connectivity index (χ4n) is 0. The third-order valence-corrected chi connectivity index (χ3v) is 0. The SMILES string of the molecule is O=S(=O)(O)O.O=S(=O)(O)O.OO.[NaH]. The number of rotatable bonds is 0. The summed E-state index contributed by atoms with van der Waals surface area (Å²) < 4.78 is 63.2. The van der Waals surface area contributed by atoms with Crippen molar-refractivity contribution in [3.05, 3.63) is 0 Å². The summed E-state index contributed by atoms with van der Waals surface area (Å²) in [6, 6.07) is 0. The Bertz CT molecular complexity index is 209. The van der Waals surface area contributed by atoms with Gasteiger partial charge in [-0.25, -0.2) is 0 Å². The summed E-state index contributed by atoms with van der Waals surface area (Å²) in [5.74, 6) is 0. The Morgan fingerprint density at radius 3 is 0.615 bits per heavy atom. The summed E-state index contributed by atoms with van der Waals surface area (Å²) in [6.45, 7) is 0. The molecule has 0 fully saturated rings. The van der Waals surface area contributed by atoms with E-state index in [1.54, 1.807) is 0 Å². The van der Waals surface area contributed by atoms with Gasteiger partial charge in [-0.3, -0.25) is 28.7 Å². The summed E-state index contributed by atoms with van der Waals surface area (Å²) in [4.78, 5) is 0. The van der Waals surface area contributed by atoms with Crippen molar-refractivity contribution in [1.82, 2.24) is 0 Å². The van der Waals surface area contributed by atoms with E-state index in [1.165, 1.54) is 0 Å². The van der Waals surface area contributed by atoms with Crippen molar-refractivity contribution >= 4 is 50.4 Å². The first-order valence-electron chi connectivity index (χ1n) is 1.60. The molecule has 0 spiro atoms. The van der Waals surface area contributed by atoms with Crippen molar-refractivity contribution < 1.29 is 45.6 Å². The average molecular weight is 254 g/mol. The van der Waals surface area contributed by atoms with E-state index < -0.39 is 20.8 Å². The van der Waals surface area contributed by atoms with Crippen LogP contribution in [-0.4, -0.2) is 75.1 Å². The van der Waals surface area contributed by atoms with Gasteiger partial charge < -0.3 is 0 Å². The molecule has 0 saturated carbocycles. The zero-order valence-corrected chi connectivity index (χ0v) is 6.77. The van der Waals surface area contributed by atoms with Crippen LogP contribution < -0.4 is 0 Å². The van der Waals surface area contributed by atoms with Crippen molar-refractivity contribution in [3.63, 3.8) is 0 Å². The molecule has 0 saturated heterocycles. The van der Waals surface area contributed by atoms with Gasteiger partial charge in [-0.05, 0) is 0 Å². The van der Waals surface area contributed by atoms with Crippen LogP contribution in [0, 0.1) is 0 Å². The molecule has 0 bridgehead atoms. The van der Waals surface area contributed by atoms with Gasteiger partial charge in [0.1, 0.15) is 0 Å². The summed E-state index contributed by atoms with van der Waals surface area (Å²) in [5.41, 5.74) is 0. The van der Waals surface area contributed by atoms with Crippen molar-refractivity contribution in [2.24, 2.45) is 0 Å². The monoisotopic (exact) mass is 254 g/mol.